The number of nitrogens with zero attached hydrogens (tertiary/aromatic N) is 6. The van der Waals surface area contributed by atoms with E-state index in [1.807, 2.05) is 18.2 Å². The number of benzene rings is 1. The van der Waals surface area contributed by atoms with Crippen LogP contribution in [0.25, 0.3) is 16.0 Å². The standard InChI is InChI=1S/C20H21N7OS/c1-12(2)27-15-8-4-3-7-14(15)23-17(27)10-21-19(28)18-13-6-5-9-16(13)29-20(18)26-11-22-24-25-26/h3-4,7-8,11-12H,5-6,9-10H2,1-2H3,(H,21,28). The first kappa shape index (κ1) is 18.0. The molecule has 29 heavy (non-hydrogen) atoms. The van der Waals surface area contributed by atoms with E-state index < -0.39 is 0 Å². The van der Waals surface area contributed by atoms with Crippen LogP contribution in [-0.2, 0) is 19.4 Å². The molecule has 148 valence electrons. The molecule has 0 fully saturated rings. The third-order valence-corrected chi connectivity index (χ3v) is 6.56. The van der Waals surface area contributed by atoms with Crippen molar-refractivity contribution in [2.75, 3.05) is 0 Å². The molecule has 0 atom stereocenters. The highest BCUT2D eigenvalue weighted by Crippen LogP contribution is 2.37. The second-order valence-corrected chi connectivity index (χ2v) is 8.54. The molecule has 9 heteroatoms. The van der Waals surface area contributed by atoms with Crippen LogP contribution < -0.4 is 5.32 Å². The highest BCUT2D eigenvalue weighted by molar-refractivity contribution is 7.15. The monoisotopic (exact) mass is 407 g/mol. The molecule has 0 radical (unpaired) electrons. The molecule has 1 aromatic carbocycles. The fourth-order valence-electron chi connectivity index (χ4n) is 4.08. The van der Waals surface area contributed by atoms with Gasteiger partial charge < -0.3 is 9.88 Å². The largest absolute Gasteiger partial charge is 0.345 e. The van der Waals surface area contributed by atoms with Crippen molar-refractivity contribution < 1.29 is 4.79 Å². The van der Waals surface area contributed by atoms with Crippen LogP contribution in [0, 0.1) is 0 Å². The van der Waals surface area contributed by atoms with E-state index in [9.17, 15) is 4.79 Å². The molecular weight excluding hydrogens is 386 g/mol. The lowest BCUT2D eigenvalue weighted by atomic mass is 10.1. The second-order valence-electron chi connectivity index (χ2n) is 7.46. The van der Waals surface area contributed by atoms with Crippen LogP contribution in [0.4, 0.5) is 0 Å². The second kappa shape index (κ2) is 7.07. The number of fused-ring (bicyclic) bond motifs is 2. The number of hydrogen-bond acceptors (Lipinski definition) is 6. The average molecular weight is 408 g/mol. The lowest BCUT2D eigenvalue weighted by Gasteiger charge is -2.14. The minimum atomic E-state index is -0.0998. The van der Waals surface area contributed by atoms with Gasteiger partial charge in [0.2, 0.25) is 0 Å². The fraction of sp³-hybridized carbons (Fsp3) is 0.350. The van der Waals surface area contributed by atoms with Gasteiger partial charge in [-0.25, -0.2) is 4.98 Å². The summed E-state index contributed by atoms with van der Waals surface area (Å²) in [6.07, 6.45) is 4.54. The van der Waals surface area contributed by atoms with Crippen molar-refractivity contribution >= 4 is 28.3 Å². The smallest absolute Gasteiger partial charge is 0.255 e. The van der Waals surface area contributed by atoms with E-state index in [0.29, 0.717) is 12.1 Å². The van der Waals surface area contributed by atoms with E-state index in [4.69, 9.17) is 4.98 Å². The SMILES string of the molecule is CC(C)n1c(CNC(=O)c2c(-n3cnnn3)sc3c2CCC3)nc2ccccc21. The quantitative estimate of drug-likeness (QED) is 0.549. The van der Waals surface area contributed by atoms with Crippen molar-refractivity contribution in [1.29, 1.82) is 0 Å². The summed E-state index contributed by atoms with van der Waals surface area (Å²) in [7, 11) is 0. The molecule has 1 N–H and O–H groups in total. The van der Waals surface area contributed by atoms with Gasteiger partial charge in [0.25, 0.3) is 5.91 Å². The third-order valence-electron chi connectivity index (χ3n) is 5.28. The first-order chi connectivity index (χ1) is 14.1. The zero-order chi connectivity index (χ0) is 20.0. The fourth-order valence-corrected chi connectivity index (χ4v) is 5.38. The Kier molecular flexibility index (Phi) is 4.39. The van der Waals surface area contributed by atoms with Gasteiger partial charge >= 0.3 is 0 Å². The Balaban J connectivity index is 1.47. The number of hydrogen-bond donors (Lipinski definition) is 1. The van der Waals surface area contributed by atoms with Crippen LogP contribution in [0.3, 0.4) is 0 Å². The first-order valence-electron chi connectivity index (χ1n) is 9.75. The molecule has 0 spiro atoms. The van der Waals surface area contributed by atoms with Gasteiger partial charge in [-0.1, -0.05) is 12.1 Å². The van der Waals surface area contributed by atoms with Crippen molar-refractivity contribution in [3.05, 3.63) is 52.4 Å². The number of nitrogens with one attached hydrogen (secondary N) is 1. The van der Waals surface area contributed by atoms with Crippen LogP contribution in [0.1, 0.15) is 52.9 Å². The molecule has 1 amide bonds. The number of aryl methyl sites for hydroxylation is 1. The molecule has 0 bridgehead atoms. The molecule has 5 rings (SSSR count). The maximum Gasteiger partial charge on any atom is 0.255 e. The number of amides is 1. The summed E-state index contributed by atoms with van der Waals surface area (Å²) in [4.78, 5) is 19.2. The summed E-state index contributed by atoms with van der Waals surface area (Å²) in [5.41, 5.74) is 3.85. The summed E-state index contributed by atoms with van der Waals surface area (Å²) in [6.45, 7) is 4.62. The highest BCUT2D eigenvalue weighted by atomic mass is 32.1. The molecule has 1 aliphatic rings. The lowest BCUT2D eigenvalue weighted by molar-refractivity contribution is 0.0949. The van der Waals surface area contributed by atoms with Gasteiger partial charge in [-0.05, 0) is 61.2 Å². The Morgan fingerprint density at radius 3 is 2.93 bits per heavy atom. The third kappa shape index (κ3) is 3.02. The van der Waals surface area contributed by atoms with E-state index in [-0.39, 0.29) is 11.9 Å². The number of tetrazole rings is 1. The van der Waals surface area contributed by atoms with Crippen LogP contribution in [0.2, 0.25) is 0 Å². The van der Waals surface area contributed by atoms with Gasteiger partial charge in [0.1, 0.15) is 17.2 Å². The zero-order valence-electron chi connectivity index (χ0n) is 16.3. The van der Waals surface area contributed by atoms with E-state index in [1.165, 1.54) is 11.2 Å². The first-order valence-corrected chi connectivity index (χ1v) is 10.6. The van der Waals surface area contributed by atoms with Crippen molar-refractivity contribution in [3.8, 4) is 5.00 Å². The van der Waals surface area contributed by atoms with Crippen LogP contribution in [0.5, 0.6) is 0 Å². The predicted molar refractivity (Wildman–Crippen MR) is 110 cm³/mol. The number of carbonyl (C=O) groups is 1. The molecule has 1 aliphatic carbocycles. The van der Waals surface area contributed by atoms with E-state index in [1.54, 1.807) is 16.0 Å². The van der Waals surface area contributed by atoms with E-state index in [2.05, 4.69) is 45.3 Å². The minimum Gasteiger partial charge on any atom is -0.345 e. The minimum absolute atomic E-state index is 0.0998. The number of para-hydroxylation sites is 2. The number of carbonyl (C=O) groups excluding carboxylic acids is 1. The molecule has 3 aromatic heterocycles. The van der Waals surface area contributed by atoms with Crippen LogP contribution in [-0.4, -0.2) is 35.7 Å². The summed E-state index contributed by atoms with van der Waals surface area (Å²) >= 11 is 1.61. The van der Waals surface area contributed by atoms with Gasteiger partial charge in [-0.3, -0.25) is 4.79 Å². The molecule has 4 aromatic rings. The highest BCUT2D eigenvalue weighted by Gasteiger charge is 2.28. The number of rotatable bonds is 5. The predicted octanol–water partition coefficient (Wildman–Crippen LogP) is 3.07. The van der Waals surface area contributed by atoms with Gasteiger partial charge in [0.15, 0.2) is 0 Å². The van der Waals surface area contributed by atoms with Gasteiger partial charge in [0, 0.05) is 10.9 Å². The molecule has 0 saturated carbocycles. The number of imidazole rings is 1. The molecular formula is C20H21N7OS. The van der Waals surface area contributed by atoms with Gasteiger partial charge in [-0.2, -0.15) is 4.68 Å². The Morgan fingerprint density at radius 2 is 2.14 bits per heavy atom. The zero-order valence-corrected chi connectivity index (χ0v) is 17.1. The molecule has 0 saturated heterocycles. The molecule has 0 aliphatic heterocycles. The van der Waals surface area contributed by atoms with Gasteiger partial charge in [0.05, 0.1) is 23.1 Å². The van der Waals surface area contributed by atoms with Crippen LogP contribution >= 0.6 is 11.3 Å². The Bertz CT molecular complexity index is 1190. The number of thiophene rings is 1. The maximum atomic E-state index is 13.2. The number of aromatic nitrogens is 6. The van der Waals surface area contributed by atoms with Crippen molar-refractivity contribution in [2.24, 2.45) is 0 Å². The lowest BCUT2D eigenvalue weighted by Crippen LogP contribution is -2.26. The normalized spacial score (nSPS) is 13.3. The summed E-state index contributed by atoms with van der Waals surface area (Å²) in [5, 5.41) is 15.3. The Hall–Kier alpha value is -3.07. The molecule has 8 nitrogen and oxygen atoms in total. The van der Waals surface area contributed by atoms with Crippen molar-refractivity contribution in [2.45, 2.75) is 45.7 Å². The summed E-state index contributed by atoms with van der Waals surface area (Å²) in [5.74, 6) is 0.752. The maximum absolute atomic E-state index is 13.2. The van der Waals surface area contributed by atoms with Crippen LogP contribution in [0.15, 0.2) is 30.6 Å². The van der Waals surface area contributed by atoms with E-state index in [0.717, 1.165) is 46.7 Å². The van der Waals surface area contributed by atoms with Crippen molar-refractivity contribution in [3.63, 3.8) is 0 Å². The Morgan fingerprint density at radius 1 is 1.28 bits per heavy atom. The summed E-state index contributed by atoms with van der Waals surface area (Å²) in [6, 6.07) is 8.31. The Labute approximate surface area is 171 Å². The molecule has 0 unspecified atom stereocenters. The molecule has 3 heterocycles. The topological polar surface area (TPSA) is 90.5 Å². The summed E-state index contributed by atoms with van der Waals surface area (Å²) < 4.78 is 3.76. The van der Waals surface area contributed by atoms with Gasteiger partial charge in [-0.15, -0.1) is 16.4 Å². The van der Waals surface area contributed by atoms with Crippen molar-refractivity contribution in [1.82, 2.24) is 35.1 Å². The average Bonchev–Trinajstić information content (AvgIpc) is 3.47. The van der Waals surface area contributed by atoms with E-state index >= 15 is 0 Å².